The number of benzene rings is 2. The molecule has 0 bridgehead atoms. The van der Waals surface area contributed by atoms with E-state index in [2.05, 4.69) is 36.4 Å². The number of carbonyl (C=O) groups excluding carboxylic acids is 1. The van der Waals surface area contributed by atoms with Gasteiger partial charge in [-0.1, -0.05) is 36.4 Å². The summed E-state index contributed by atoms with van der Waals surface area (Å²) in [5.74, 6) is 0.443. The second kappa shape index (κ2) is 3.75. The Hall–Kier alpha value is -1.63. The first-order chi connectivity index (χ1) is 7.90. The van der Waals surface area contributed by atoms with E-state index in [1.807, 2.05) is 0 Å². The molecule has 0 aromatic heterocycles. The zero-order valence-electron chi connectivity index (χ0n) is 9.15. The minimum absolute atomic E-state index is 0.443. The molecule has 80 valence electrons. The molecule has 0 saturated heterocycles. The monoisotopic (exact) mass is 210 g/mol. The zero-order chi connectivity index (χ0) is 11.0. The highest BCUT2D eigenvalue weighted by atomic mass is 16.1. The molecule has 1 nitrogen and oxygen atoms in total. The van der Waals surface area contributed by atoms with Gasteiger partial charge in [0.05, 0.1) is 0 Å². The average molecular weight is 210 g/mol. The van der Waals surface area contributed by atoms with Gasteiger partial charge in [-0.25, -0.2) is 0 Å². The Bertz CT molecular complexity index is 542. The third-order valence-electron chi connectivity index (χ3n) is 3.61. The van der Waals surface area contributed by atoms with Crippen LogP contribution in [0.4, 0.5) is 0 Å². The van der Waals surface area contributed by atoms with Crippen molar-refractivity contribution in [1.82, 2.24) is 0 Å². The Morgan fingerprint density at radius 1 is 1.19 bits per heavy atom. The molecule has 2 aromatic rings. The van der Waals surface area contributed by atoms with Crippen LogP contribution in [0.25, 0.3) is 10.8 Å². The lowest BCUT2D eigenvalue weighted by Crippen LogP contribution is -1.95. The maximum atomic E-state index is 10.7. The maximum absolute atomic E-state index is 10.7. The normalized spacial score (nSPS) is 18.6. The molecule has 1 aliphatic rings. The molecule has 0 fully saturated rings. The largest absolute Gasteiger partial charge is 0.303 e. The van der Waals surface area contributed by atoms with Gasteiger partial charge in [0.25, 0.3) is 0 Å². The van der Waals surface area contributed by atoms with Crippen LogP contribution in [-0.4, -0.2) is 6.29 Å². The van der Waals surface area contributed by atoms with Crippen LogP contribution < -0.4 is 0 Å². The second-order valence-electron chi connectivity index (χ2n) is 4.50. The fourth-order valence-electron chi connectivity index (χ4n) is 2.87. The van der Waals surface area contributed by atoms with Gasteiger partial charge in [0.2, 0.25) is 0 Å². The van der Waals surface area contributed by atoms with Gasteiger partial charge in [-0.3, -0.25) is 0 Å². The zero-order valence-corrected chi connectivity index (χ0v) is 9.15. The summed E-state index contributed by atoms with van der Waals surface area (Å²) in [5, 5.41) is 2.63. The van der Waals surface area contributed by atoms with Crippen molar-refractivity contribution in [3.63, 3.8) is 0 Å². The van der Waals surface area contributed by atoms with Gasteiger partial charge in [-0.15, -0.1) is 0 Å². The lowest BCUT2D eigenvalue weighted by molar-refractivity contribution is -0.108. The van der Waals surface area contributed by atoms with E-state index in [1.165, 1.54) is 21.9 Å². The lowest BCUT2D eigenvalue weighted by Gasteiger charge is -2.11. The summed E-state index contributed by atoms with van der Waals surface area (Å²) in [6, 6.07) is 12.9. The van der Waals surface area contributed by atoms with Crippen LogP contribution in [0.1, 0.15) is 29.9 Å². The molecule has 3 rings (SSSR count). The summed E-state index contributed by atoms with van der Waals surface area (Å²) >= 11 is 0. The Morgan fingerprint density at radius 3 is 2.94 bits per heavy atom. The average Bonchev–Trinajstić information content (AvgIpc) is 2.73. The number of aryl methyl sites for hydroxylation is 1. The number of aldehydes is 1. The van der Waals surface area contributed by atoms with E-state index in [-0.39, 0.29) is 0 Å². The van der Waals surface area contributed by atoms with E-state index in [1.54, 1.807) is 0 Å². The SMILES string of the molecule is O=CC[C@H]1CCc2ccc3ccccc3c21. The molecule has 0 amide bonds. The molecule has 1 atom stereocenters. The molecule has 0 unspecified atom stereocenters. The van der Waals surface area contributed by atoms with Gasteiger partial charge in [-0.2, -0.15) is 0 Å². The molecule has 1 aliphatic carbocycles. The van der Waals surface area contributed by atoms with Crippen LogP contribution in [0.5, 0.6) is 0 Å². The molecule has 0 heterocycles. The standard InChI is InChI=1S/C15H14O/c16-10-9-13-8-7-12-6-5-11-3-1-2-4-14(11)15(12)13/h1-6,10,13H,7-9H2/t13-/m1/s1. The lowest BCUT2D eigenvalue weighted by atomic mass is 9.93. The fourth-order valence-corrected chi connectivity index (χ4v) is 2.87. The smallest absolute Gasteiger partial charge is 0.120 e. The molecule has 0 saturated carbocycles. The van der Waals surface area contributed by atoms with Gasteiger partial charge in [0.1, 0.15) is 6.29 Å². The minimum Gasteiger partial charge on any atom is -0.303 e. The van der Waals surface area contributed by atoms with Crippen LogP contribution in [0.2, 0.25) is 0 Å². The molecule has 0 N–H and O–H groups in total. The molecule has 16 heavy (non-hydrogen) atoms. The third kappa shape index (κ3) is 1.35. The first-order valence-electron chi connectivity index (χ1n) is 5.84. The van der Waals surface area contributed by atoms with E-state index in [0.717, 1.165) is 19.1 Å². The number of hydrogen-bond donors (Lipinski definition) is 0. The van der Waals surface area contributed by atoms with Gasteiger partial charge >= 0.3 is 0 Å². The highest BCUT2D eigenvalue weighted by Gasteiger charge is 2.23. The summed E-state index contributed by atoms with van der Waals surface area (Å²) in [4.78, 5) is 10.7. The van der Waals surface area contributed by atoms with E-state index < -0.39 is 0 Å². The Labute approximate surface area is 95.1 Å². The number of carbonyl (C=O) groups is 1. The molecular formula is C15H14O. The summed E-state index contributed by atoms with van der Waals surface area (Å²) < 4.78 is 0. The van der Waals surface area contributed by atoms with Crippen molar-refractivity contribution in [1.29, 1.82) is 0 Å². The molecule has 0 spiro atoms. The van der Waals surface area contributed by atoms with Crippen molar-refractivity contribution < 1.29 is 4.79 Å². The summed E-state index contributed by atoms with van der Waals surface area (Å²) in [7, 11) is 0. The highest BCUT2D eigenvalue weighted by Crippen LogP contribution is 2.39. The van der Waals surface area contributed by atoms with E-state index in [9.17, 15) is 4.79 Å². The predicted octanol–water partition coefficient (Wildman–Crippen LogP) is 3.46. The van der Waals surface area contributed by atoms with Crippen LogP contribution in [0, 0.1) is 0 Å². The second-order valence-corrected chi connectivity index (χ2v) is 4.50. The molecule has 0 aliphatic heterocycles. The molecule has 2 aromatic carbocycles. The summed E-state index contributed by atoms with van der Waals surface area (Å²) in [6.07, 6.45) is 3.98. The van der Waals surface area contributed by atoms with Crippen LogP contribution in [0.3, 0.4) is 0 Å². The maximum Gasteiger partial charge on any atom is 0.120 e. The first kappa shape index (κ1) is 9.59. The van der Waals surface area contributed by atoms with E-state index in [4.69, 9.17) is 0 Å². The number of hydrogen-bond acceptors (Lipinski definition) is 1. The topological polar surface area (TPSA) is 17.1 Å². The van der Waals surface area contributed by atoms with E-state index in [0.29, 0.717) is 12.3 Å². The van der Waals surface area contributed by atoms with Crippen LogP contribution in [-0.2, 0) is 11.2 Å². The molecule has 1 heteroatoms. The van der Waals surface area contributed by atoms with Gasteiger partial charge in [-0.05, 0) is 40.7 Å². The molecular weight excluding hydrogens is 196 g/mol. The Balaban J connectivity index is 2.24. The highest BCUT2D eigenvalue weighted by molar-refractivity contribution is 5.88. The van der Waals surface area contributed by atoms with Crippen molar-refractivity contribution in [2.24, 2.45) is 0 Å². The quantitative estimate of drug-likeness (QED) is 0.694. The van der Waals surface area contributed by atoms with Gasteiger partial charge in [0, 0.05) is 6.42 Å². The summed E-state index contributed by atoms with van der Waals surface area (Å²) in [6.45, 7) is 0. The van der Waals surface area contributed by atoms with Gasteiger partial charge in [0.15, 0.2) is 0 Å². The van der Waals surface area contributed by atoms with Crippen molar-refractivity contribution in [3.8, 4) is 0 Å². The Kier molecular flexibility index (Phi) is 2.24. The van der Waals surface area contributed by atoms with Crippen molar-refractivity contribution in [2.75, 3.05) is 0 Å². The van der Waals surface area contributed by atoms with Crippen molar-refractivity contribution in [3.05, 3.63) is 47.5 Å². The number of fused-ring (bicyclic) bond motifs is 3. The predicted molar refractivity (Wildman–Crippen MR) is 65.7 cm³/mol. The van der Waals surface area contributed by atoms with Crippen LogP contribution in [0.15, 0.2) is 36.4 Å². The van der Waals surface area contributed by atoms with Crippen LogP contribution >= 0.6 is 0 Å². The fraction of sp³-hybridized carbons (Fsp3) is 0.267. The molecule has 0 radical (unpaired) electrons. The first-order valence-corrected chi connectivity index (χ1v) is 5.84. The third-order valence-corrected chi connectivity index (χ3v) is 3.61. The van der Waals surface area contributed by atoms with Crippen molar-refractivity contribution in [2.45, 2.75) is 25.2 Å². The van der Waals surface area contributed by atoms with Gasteiger partial charge < -0.3 is 4.79 Å². The number of rotatable bonds is 2. The van der Waals surface area contributed by atoms with Crippen molar-refractivity contribution >= 4 is 17.1 Å². The minimum atomic E-state index is 0.443. The summed E-state index contributed by atoms with van der Waals surface area (Å²) in [5.41, 5.74) is 2.86. The Morgan fingerprint density at radius 2 is 2.06 bits per heavy atom. The van der Waals surface area contributed by atoms with E-state index >= 15 is 0 Å².